The Labute approximate surface area is 102 Å². The van der Waals surface area contributed by atoms with E-state index in [0.29, 0.717) is 0 Å². The molecule has 2 aromatic rings. The number of rotatable bonds is 2. The molecule has 0 aliphatic heterocycles. The molecule has 1 atom stereocenters. The third-order valence-corrected chi connectivity index (χ3v) is 2.30. The molecule has 0 bridgehead atoms. The molecule has 4 heteroatoms. The lowest BCUT2D eigenvalue weighted by atomic mass is 10.2. The molecule has 0 saturated carbocycles. The fourth-order valence-electron chi connectivity index (χ4n) is 1.50. The average Bonchev–Trinajstić information content (AvgIpc) is 2.78. The number of hydrogen-bond donors (Lipinski definition) is 0. The maximum absolute atomic E-state index is 8.88. The SMILES string of the molecule is CC(C#N)n1ccnc1-c1ccccc1.S. The molecule has 0 N–H and O–H groups in total. The van der Waals surface area contributed by atoms with Crippen LogP contribution in [-0.2, 0) is 0 Å². The molecule has 0 aliphatic carbocycles. The van der Waals surface area contributed by atoms with Gasteiger partial charge in [-0.2, -0.15) is 18.8 Å². The molecule has 0 spiro atoms. The Balaban J connectivity index is 0.00000128. The summed E-state index contributed by atoms with van der Waals surface area (Å²) in [5, 5.41) is 8.88. The first kappa shape index (κ1) is 12.3. The highest BCUT2D eigenvalue weighted by molar-refractivity contribution is 7.59. The Morgan fingerprint density at radius 1 is 1.31 bits per heavy atom. The Hall–Kier alpha value is -1.73. The monoisotopic (exact) mass is 231 g/mol. The molecular formula is C12H13N3S. The van der Waals surface area contributed by atoms with Crippen molar-refractivity contribution in [3.8, 4) is 17.5 Å². The molecule has 1 unspecified atom stereocenters. The second kappa shape index (κ2) is 5.38. The van der Waals surface area contributed by atoms with Crippen molar-refractivity contribution in [3.05, 3.63) is 42.7 Å². The molecule has 2 rings (SSSR count). The molecule has 1 aromatic heterocycles. The minimum Gasteiger partial charge on any atom is -0.315 e. The molecule has 0 amide bonds. The van der Waals surface area contributed by atoms with E-state index in [2.05, 4.69) is 11.1 Å². The molecule has 82 valence electrons. The number of hydrogen-bond acceptors (Lipinski definition) is 2. The van der Waals surface area contributed by atoms with Gasteiger partial charge in [0.05, 0.1) is 6.07 Å². The number of aromatic nitrogens is 2. The van der Waals surface area contributed by atoms with Crippen molar-refractivity contribution in [2.75, 3.05) is 0 Å². The van der Waals surface area contributed by atoms with Crippen LogP contribution in [0, 0.1) is 11.3 Å². The number of imidazole rings is 1. The molecular weight excluding hydrogens is 218 g/mol. The van der Waals surface area contributed by atoms with Crippen molar-refractivity contribution in [2.24, 2.45) is 0 Å². The molecule has 0 fully saturated rings. The van der Waals surface area contributed by atoms with Gasteiger partial charge in [0.1, 0.15) is 11.9 Å². The predicted molar refractivity (Wildman–Crippen MR) is 68.4 cm³/mol. The summed E-state index contributed by atoms with van der Waals surface area (Å²) in [6, 6.07) is 11.9. The Morgan fingerprint density at radius 2 is 2.00 bits per heavy atom. The van der Waals surface area contributed by atoms with Gasteiger partial charge in [0.25, 0.3) is 0 Å². The van der Waals surface area contributed by atoms with Crippen LogP contribution in [0.1, 0.15) is 13.0 Å². The van der Waals surface area contributed by atoms with Crippen LogP contribution in [-0.4, -0.2) is 9.55 Å². The zero-order valence-electron chi connectivity index (χ0n) is 8.96. The lowest BCUT2D eigenvalue weighted by Gasteiger charge is -2.08. The van der Waals surface area contributed by atoms with Gasteiger partial charge < -0.3 is 4.57 Å². The number of benzene rings is 1. The van der Waals surface area contributed by atoms with Crippen LogP contribution in [0.15, 0.2) is 42.7 Å². The minimum atomic E-state index is -0.192. The fraction of sp³-hybridized carbons (Fsp3) is 0.167. The molecule has 0 radical (unpaired) electrons. The Kier molecular flexibility index (Phi) is 4.15. The second-order valence-corrected chi connectivity index (χ2v) is 3.33. The van der Waals surface area contributed by atoms with Crippen molar-refractivity contribution in [3.63, 3.8) is 0 Å². The lowest BCUT2D eigenvalue weighted by molar-refractivity contribution is 0.680. The summed E-state index contributed by atoms with van der Waals surface area (Å²) >= 11 is 0. The van der Waals surface area contributed by atoms with Gasteiger partial charge in [-0.1, -0.05) is 30.3 Å². The molecule has 1 aromatic carbocycles. The van der Waals surface area contributed by atoms with Crippen LogP contribution >= 0.6 is 13.5 Å². The number of nitriles is 1. The Bertz CT molecular complexity index is 484. The molecule has 3 nitrogen and oxygen atoms in total. The molecule has 1 heterocycles. The largest absolute Gasteiger partial charge is 0.315 e. The number of nitrogens with zero attached hydrogens (tertiary/aromatic N) is 3. The van der Waals surface area contributed by atoms with Gasteiger partial charge in [0.2, 0.25) is 0 Å². The van der Waals surface area contributed by atoms with E-state index in [1.54, 1.807) is 6.20 Å². The molecule has 0 saturated heterocycles. The summed E-state index contributed by atoms with van der Waals surface area (Å²) in [5.74, 6) is 0.838. The van der Waals surface area contributed by atoms with Crippen molar-refractivity contribution >= 4 is 13.5 Å². The average molecular weight is 231 g/mol. The molecule has 16 heavy (non-hydrogen) atoms. The van der Waals surface area contributed by atoms with Crippen molar-refractivity contribution in [1.82, 2.24) is 9.55 Å². The van der Waals surface area contributed by atoms with Gasteiger partial charge in [-0.15, -0.1) is 0 Å². The summed E-state index contributed by atoms with van der Waals surface area (Å²) in [7, 11) is 0. The zero-order chi connectivity index (χ0) is 10.7. The van der Waals surface area contributed by atoms with E-state index in [1.165, 1.54) is 0 Å². The van der Waals surface area contributed by atoms with Crippen molar-refractivity contribution < 1.29 is 0 Å². The zero-order valence-corrected chi connectivity index (χ0v) is 9.96. The first-order chi connectivity index (χ1) is 7.33. The first-order valence-corrected chi connectivity index (χ1v) is 4.81. The Morgan fingerprint density at radius 3 is 2.62 bits per heavy atom. The van der Waals surface area contributed by atoms with E-state index in [9.17, 15) is 0 Å². The van der Waals surface area contributed by atoms with Gasteiger partial charge in [-0.3, -0.25) is 0 Å². The van der Waals surface area contributed by atoms with Gasteiger partial charge in [-0.05, 0) is 6.92 Å². The van der Waals surface area contributed by atoms with Crippen molar-refractivity contribution in [2.45, 2.75) is 13.0 Å². The van der Waals surface area contributed by atoms with Crippen LogP contribution in [0.2, 0.25) is 0 Å². The smallest absolute Gasteiger partial charge is 0.141 e. The first-order valence-electron chi connectivity index (χ1n) is 4.81. The van der Waals surface area contributed by atoms with Crippen LogP contribution in [0.3, 0.4) is 0 Å². The van der Waals surface area contributed by atoms with E-state index in [4.69, 9.17) is 5.26 Å². The van der Waals surface area contributed by atoms with Gasteiger partial charge in [-0.25, -0.2) is 4.98 Å². The normalized spacial score (nSPS) is 11.2. The van der Waals surface area contributed by atoms with E-state index >= 15 is 0 Å². The summed E-state index contributed by atoms with van der Waals surface area (Å²) in [5.41, 5.74) is 1.03. The van der Waals surface area contributed by atoms with Gasteiger partial charge in [0.15, 0.2) is 0 Å². The highest BCUT2D eigenvalue weighted by Gasteiger charge is 2.09. The summed E-state index contributed by atoms with van der Waals surface area (Å²) < 4.78 is 1.87. The van der Waals surface area contributed by atoms with Crippen molar-refractivity contribution in [1.29, 1.82) is 5.26 Å². The second-order valence-electron chi connectivity index (χ2n) is 3.33. The van der Waals surface area contributed by atoms with E-state index in [-0.39, 0.29) is 19.5 Å². The van der Waals surface area contributed by atoms with E-state index < -0.39 is 0 Å². The van der Waals surface area contributed by atoms with Gasteiger partial charge >= 0.3 is 0 Å². The van der Waals surface area contributed by atoms with E-state index in [0.717, 1.165) is 11.4 Å². The summed E-state index contributed by atoms with van der Waals surface area (Å²) in [4.78, 5) is 4.27. The standard InChI is InChI=1S/C12H11N3.H2S/c1-10(9-13)15-8-7-14-12(15)11-5-3-2-4-6-11;/h2-8,10H,1H3;1H2. The van der Waals surface area contributed by atoms with Crippen LogP contribution in [0.5, 0.6) is 0 Å². The predicted octanol–water partition coefficient (Wildman–Crippen LogP) is 2.75. The van der Waals surface area contributed by atoms with Crippen LogP contribution in [0.4, 0.5) is 0 Å². The highest BCUT2D eigenvalue weighted by Crippen LogP contribution is 2.20. The van der Waals surface area contributed by atoms with Crippen LogP contribution < -0.4 is 0 Å². The van der Waals surface area contributed by atoms with Gasteiger partial charge in [0, 0.05) is 18.0 Å². The topological polar surface area (TPSA) is 41.6 Å². The highest BCUT2D eigenvalue weighted by atomic mass is 32.1. The third-order valence-electron chi connectivity index (χ3n) is 2.30. The summed E-state index contributed by atoms with van der Waals surface area (Å²) in [6.45, 7) is 1.86. The minimum absolute atomic E-state index is 0. The quantitative estimate of drug-likeness (QED) is 0.797. The fourth-order valence-corrected chi connectivity index (χ4v) is 1.50. The summed E-state index contributed by atoms with van der Waals surface area (Å²) in [6.07, 6.45) is 3.55. The maximum atomic E-state index is 8.88. The maximum Gasteiger partial charge on any atom is 0.141 e. The molecule has 0 aliphatic rings. The third kappa shape index (κ3) is 2.26. The lowest BCUT2D eigenvalue weighted by Crippen LogP contribution is -2.03. The van der Waals surface area contributed by atoms with Crippen LogP contribution in [0.25, 0.3) is 11.4 Å². The van der Waals surface area contributed by atoms with E-state index in [1.807, 2.05) is 48.0 Å².